The number of halogens is 3. The minimum Gasteiger partial charge on any atom is -0.468 e. The van der Waals surface area contributed by atoms with E-state index in [9.17, 15) is 57.5 Å². The lowest BCUT2D eigenvalue weighted by atomic mass is 9.86. The van der Waals surface area contributed by atoms with Crippen LogP contribution < -0.4 is 0 Å². The Kier molecular flexibility index (Phi) is 52.9. The molecule has 6 unspecified atom stereocenters. The highest BCUT2D eigenvalue weighted by Crippen LogP contribution is 2.38. The number of hydrogen-bond acceptors (Lipinski definition) is 24. The SMILES string of the molecule is COC(=O)C(SCCC(C)=O)c1ccc(Br)cc1.COC(=O)C(SCCC(C)=O)c1ccc(C(C)(C)C)cc1.COC(=O)C(SCCC(C)=O)c1ccc(C)c(C)c1.COC(=O)C(SCCC(C)=O)c1ccc(C)cc1.COC(=O)C(SCCC(C)=O)c1ccc(Cl)cc1.COC(=O)C(SCCC(C)=O)c1cccc(Cl)c1. The zero-order valence-electron chi connectivity index (χ0n) is 67.2. The van der Waals surface area contributed by atoms with Crippen LogP contribution >= 0.6 is 110 Å². The van der Waals surface area contributed by atoms with Gasteiger partial charge in [-0.1, -0.05) is 169 Å². The molecule has 112 heavy (non-hydrogen) atoms. The number of esters is 6. The number of carbonyl (C=O) groups excluding carboxylic acids is 12. The van der Waals surface area contributed by atoms with Crippen LogP contribution in [0, 0.1) is 20.8 Å². The number of rotatable bonds is 36. The summed E-state index contributed by atoms with van der Waals surface area (Å²) in [4.78, 5) is 136. The predicted molar refractivity (Wildman–Crippen MR) is 464 cm³/mol. The smallest absolute Gasteiger partial charge is 0.323 e. The Labute approximate surface area is 705 Å². The third kappa shape index (κ3) is 43.2. The maximum absolute atomic E-state index is 11.9. The van der Waals surface area contributed by atoms with Crippen molar-refractivity contribution in [1.29, 1.82) is 0 Å². The minimum atomic E-state index is -0.437. The highest BCUT2D eigenvalue weighted by Gasteiger charge is 2.28. The quantitative estimate of drug-likeness (QED) is 0.0261. The van der Waals surface area contributed by atoms with Crippen LogP contribution in [0.2, 0.25) is 10.0 Å². The number of ketones is 6. The molecule has 0 aliphatic rings. The topological polar surface area (TPSA) is 260 Å². The van der Waals surface area contributed by atoms with Crippen LogP contribution in [-0.2, 0) is 91.4 Å². The predicted octanol–water partition coefficient (Wildman–Crippen LogP) is 20.0. The number of thioether (sulfide) groups is 6. The molecule has 0 spiro atoms. The molecule has 0 saturated carbocycles. The van der Waals surface area contributed by atoms with E-state index < -0.39 is 10.5 Å². The van der Waals surface area contributed by atoms with E-state index in [-0.39, 0.29) is 96.9 Å². The van der Waals surface area contributed by atoms with Gasteiger partial charge >= 0.3 is 35.8 Å². The van der Waals surface area contributed by atoms with Gasteiger partial charge in [0.1, 0.15) is 66.2 Å². The van der Waals surface area contributed by atoms with Crippen molar-refractivity contribution in [3.05, 3.63) is 210 Å². The van der Waals surface area contributed by atoms with Gasteiger partial charge < -0.3 is 28.4 Å². The molecule has 0 saturated heterocycles. The van der Waals surface area contributed by atoms with E-state index in [1.807, 2.05) is 106 Å². The van der Waals surface area contributed by atoms with Gasteiger partial charge in [0.05, 0.1) is 42.7 Å². The van der Waals surface area contributed by atoms with E-state index in [1.165, 1.54) is 138 Å². The summed E-state index contributed by atoms with van der Waals surface area (Å²) in [6, 6.07) is 43.5. The minimum absolute atomic E-state index is 0.0844. The number of aryl methyl sites for hydroxylation is 3. The fourth-order valence-electron chi connectivity index (χ4n) is 9.14. The Balaban J connectivity index is 0.000000673. The van der Waals surface area contributed by atoms with Crippen LogP contribution in [0.1, 0.15) is 188 Å². The number of hydrogen-bond donors (Lipinski definition) is 0. The molecule has 0 fully saturated rings. The third-order valence-electron chi connectivity index (χ3n) is 15.7. The molecular weight excluding hydrogens is 1650 g/mol. The van der Waals surface area contributed by atoms with Gasteiger partial charge in [0.15, 0.2) is 0 Å². The van der Waals surface area contributed by atoms with E-state index in [0.717, 1.165) is 49.0 Å². The Morgan fingerprint density at radius 2 is 0.571 bits per heavy atom. The molecule has 0 N–H and O–H groups in total. The van der Waals surface area contributed by atoms with Crippen molar-refractivity contribution in [1.82, 2.24) is 0 Å². The second kappa shape index (κ2) is 57.4. The first-order valence-electron chi connectivity index (χ1n) is 35.5. The van der Waals surface area contributed by atoms with E-state index in [4.69, 9.17) is 51.6 Å². The van der Waals surface area contributed by atoms with Crippen molar-refractivity contribution in [3.8, 4) is 0 Å². The van der Waals surface area contributed by atoms with Gasteiger partial charge in [-0.25, -0.2) is 0 Å². The summed E-state index contributed by atoms with van der Waals surface area (Å²) in [5.74, 6) is 2.69. The Hall–Kier alpha value is -6.68. The Morgan fingerprint density at radius 1 is 0.321 bits per heavy atom. The van der Waals surface area contributed by atoms with Crippen molar-refractivity contribution in [2.24, 2.45) is 0 Å². The summed E-state index contributed by atoms with van der Waals surface area (Å²) in [6.45, 7) is 21.8. The van der Waals surface area contributed by atoms with Crippen LogP contribution in [-0.4, -0.2) is 148 Å². The molecule has 0 bridgehead atoms. The van der Waals surface area contributed by atoms with Crippen molar-refractivity contribution in [2.75, 3.05) is 77.2 Å². The second-order valence-corrected chi connectivity index (χ2v) is 35.2. The van der Waals surface area contributed by atoms with Gasteiger partial charge in [0.2, 0.25) is 0 Å². The van der Waals surface area contributed by atoms with E-state index >= 15 is 0 Å². The molecule has 0 radical (unpaired) electrons. The van der Waals surface area contributed by atoms with Gasteiger partial charge in [-0.3, -0.25) is 57.5 Å². The Morgan fingerprint density at radius 3 is 0.830 bits per heavy atom. The summed E-state index contributed by atoms with van der Waals surface area (Å²) >= 11 is 23.6. The Bertz CT molecular complexity index is 3760. The molecule has 6 aromatic carbocycles. The summed E-state index contributed by atoms with van der Waals surface area (Å²) in [7, 11) is 8.25. The lowest BCUT2D eigenvalue weighted by molar-refractivity contribution is -0.141. The first-order chi connectivity index (χ1) is 52.9. The van der Waals surface area contributed by atoms with Gasteiger partial charge in [0, 0.05) is 87.6 Å². The standard InChI is InChI=1S/C17H24O3S.C15H20O3S.C14H18O3S.C13H15BrO3S.2C13H15ClO3S/c1-12(18)10-11-21-15(16(19)20-5)13-6-8-14(9-7-13)17(2,3)4;1-10-5-6-13(9-11(10)2)14(15(17)18-4)19-8-7-12(3)16;1-10-4-6-12(7-5-10)13(14(16)17-3)18-9-8-11(2)15;2*1-9(15)7-8-18-12(13(16)17-2)10-3-5-11(14)6-4-10;1-9(15)6-7-18-12(13(16)17-2)10-4-3-5-11(14)8-10/h6-9,15H,10-11H2,1-5H3;5-6,9,14H,7-8H2,1-4H3;4-7,13H,8-9H2,1-3H3;2*3-6,12H,7-8H2,1-2H3;3-5,8,12H,6-7H2,1-2H3. The van der Waals surface area contributed by atoms with Gasteiger partial charge in [0.25, 0.3) is 0 Å². The van der Waals surface area contributed by atoms with Crippen molar-refractivity contribution in [2.45, 2.75) is 159 Å². The largest absolute Gasteiger partial charge is 0.468 e. The highest BCUT2D eigenvalue weighted by atomic mass is 79.9. The van der Waals surface area contributed by atoms with Crippen molar-refractivity contribution < 1.29 is 86.0 Å². The van der Waals surface area contributed by atoms with Crippen molar-refractivity contribution >= 4 is 180 Å². The normalized spacial score (nSPS) is 12.1. The zero-order valence-corrected chi connectivity index (χ0v) is 75.2. The summed E-state index contributed by atoms with van der Waals surface area (Å²) in [6.07, 6.45) is 2.78. The lowest BCUT2D eigenvalue weighted by Crippen LogP contribution is -2.14. The van der Waals surface area contributed by atoms with Crippen LogP contribution in [0.3, 0.4) is 0 Å². The average molecular weight is 1760 g/mol. The lowest BCUT2D eigenvalue weighted by Gasteiger charge is -2.20. The summed E-state index contributed by atoms with van der Waals surface area (Å²) in [5, 5.41) is -1.10. The monoisotopic (exact) mass is 1760 g/mol. The molecular formula is C85H107BrCl2O18S6. The fourth-order valence-corrected chi connectivity index (χ4v) is 17.0. The number of methoxy groups -OCH3 is 6. The zero-order chi connectivity index (χ0) is 84.6. The van der Waals surface area contributed by atoms with Crippen LogP contribution in [0.4, 0.5) is 0 Å². The van der Waals surface area contributed by atoms with Crippen LogP contribution in [0.5, 0.6) is 0 Å². The molecule has 18 nitrogen and oxygen atoms in total. The summed E-state index contributed by atoms with van der Waals surface area (Å²) in [5.41, 5.74) is 10.1. The number of Topliss-reactive ketones (excluding diaryl/α,β-unsaturated/α-hetero) is 6. The molecule has 0 heterocycles. The maximum atomic E-state index is 11.9. The van der Waals surface area contributed by atoms with Gasteiger partial charge in [-0.2, -0.15) is 0 Å². The van der Waals surface area contributed by atoms with Crippen LogP contribution in [0.15, 0.2) is 144 Å². The first-order valence-corrected chi connectivity index (χ1v) is 43.4. The van der Waals surface area contributed by atoms with Crippen LogP contribution in [0.25, 0.3) is 0 Å². The van der Waals surface area contributed by atoms with E-state index in [1.54, 1.807) is 70.2 Å². The number of ether oxygens (including phenoxy) is 6. The fraction of sp³-hybridized carbons (Fsp3) is 0.435. The number of carbonyl (C=O) groups is 12. The van der Waals surface area contributed by atoms with E-state index in [0.29, 0.717) is 83.1 Å². The molecule has 6 aromatic rings. The molecule has 612 valence electrons. The van der Waals surface area contributed by atoms with Crippen molar-refractivity contribution in [3.63, 3.8) is 0 Å². The molecule has 0 aromatic heterocycles. The number of benzene rings is 6. The van der Waals surface area contributed by atoms with Gasteiger partial charge in [-0.15, -0.1) is 70.6 Å². The molecule has 0 amide bonds. The molecule has 6 rings (SSSR count). The third-order valence-corrected chi connectivity index (χ3v) is 24.2. The van der Waals surface area contributed by atoms with Gasteiger partial charge in [-0.05, 0) is 154 Å². The summed E-state index contributed by atoms with van der Waals surface area (Å²) < 4.78 is 29.8. The van der Waals surface area contributed by atoms with E-state index in [2.05, 4.69) is 48.8 Å². The highest BCUT2D eigenvalue weighted by molar-refractivity contribution is 9.10. The maximum Gasteiger partial charge on any atom is 0.323 e. The molecule has 6 atom stereocenters. The molecule has 0 aliphatic carbocycles. The second-order valence-electron chi connectivity index (χ2n) is 26.1. The molecule has 27 heteroatoms. The average Bonchev–Trinajstić information content (AvgIpc) is 0.846. The first kappa shape index (κ1) is 103. The molecule has 0 aliphatic heterocycles.